The standard InChI is InChI=1S/C16H18FNO2/c1-11-6-7-15(16(10-11)19-2)20-14-5-3-4-13(17)12(14)8-9-18/h3-7,10H,8-9,18H2,1-2H3. The van der Waals surface area contributed by atoms with E-state index in [-0.39, 0.29) is 5.82 Å². The first-order chi connectivity index (χ1) is 9.65. The molecule has 0 saturated carbocycles. The van der Waals surface area contributed by atoms with Crippen molar-refractivity contribution in [2.75, 3.05) is 13.7 Å². The Morgan fingerprint density at radius 3 is 2.60 bits per heavy atom. The normalized spacial score (nSPS) is 10.4. The summed E-state index contributed by atoms with van der Waals surface area (Å²) in [5.41, 5.74) is 7.07. The van der Waals surface area contributed by atoms with Crippen LogP contribution in [-0.2, 0) is 6.42 Å². The van der Waals surface area contributed by atoms with Crippen molar-refractivity contribution in [3.63, 3.8) is 0 Å². The summed E-state index contributed by atoms with van der Waals surface area (Å²) in [6.45, 7) is 2.33. The zero-order valence-corrected chi connectivity index (χ0v) is 11.7. The van der Waals surface area contributed by atoms with Crippen LogP contribution in [0, 0.1) is 12.7 Å². The number of nitrogens with two attached hydrogens (primary N) is 1. The summed E-state index contributed by atoms with van der Waals surface area (Å²) in [6, 6.07) is 10.4. The third-order valence-corrected chi connectivity index (χ3v) is 3.01. The van der Waals surface area contributed by atoms with E-state index in [0.29, 0.717) is 35.8 Å². The monoisotopic (exact) mass is 275 g/mol. The van der Waals surface area contributed by atoms with Crippen molar-refractivity contribution >= 4 is 0 Å². The van der Waals surface area contributed by atoms with Crippen LogP contribution in [0.1, 0.15) is 11.1 Å². The first-order valence-corrected chi connectivity index (χ1v) is 6.45. The molecular formula is C16H18FNO2. The minimum Gasteiger partial charge on any atom is -0.493 e. The number of rotatable bonds is 5. The number of halogens is 1. The third kappa shape index (κ3) is 3.08. The molecule has 0 fully saturated rings. The lowest BCUT2D eigenvalue weighted by atomic mass is 10.1. The molecule has 0 amide bonds. The van der Waals surface area contributed by atoms with E-state index in [2.05, 4.69) is 0 Å². The smallest absolute Gasteiger partial charge is 0.169 e. The van der Waals surface area contributed by atoms with E-state index in [0.717, 1.165) is 5.56 Å². The van der Waals surface area contributed by atoms with Gasteiger partial charge in [0.1, 0.15) is 11.6 Å². The molecule has 0 aliphatic rings. The maximum atomic E-state index is 13.8. The van der Waals surface area contributed by atoms with E-state index in [1.807, 2.05) is 25.1 Å². The van der Waals surface area contributed by atoms with Gasteiger partial charge in [-0.15, -0.1) is 0 Å². The number of methoxy groups -OCH3 is 1. The fourth-order valence-corrected chi connectivity index (χ4v) is 2.00. The average Bonchev–Trinajstić information content (AvgIpc) is 2.44. The first-order valence-electron chi connectivity index (χ1n) is 6.45. The number of aryl methyl sites for hydroxylation is 1. The summed E-state index contributed by atoms with van der Waals surface area (Å²) in [7, 11) is 1.58. The molecule has 4 heteroatoms. The fourth-order valence-electron chi connectivity index (χ4n) is 2.00. The number of hydrogen-bond acceptors (Lipinski definition) is 3. The Balaban J connectivity index is 2.37. The van der Waals surface area contributed by atoms with Gasteiger partial charge in [-0.3, -0.25) is 0 Å². The molecule has 0 unspecified atom stereocenters. The van der Waals surface area contributed by atoms with Crippen LogP contribution in [0.2, 0.25) is 0 Å². The maximum Gasteiger partial charge on any atom is 0.169 e. The van der Waals surface area contributed by atoms with Crippen molar-refractivity contribution in [2.45, 2.75) is 13.3 Å². The van der Waals surface area contributed by atoms with Crippen LogP contribution in [0.15, 0.2) is 36.4 Å². The summed E-state index contributed by atoms with van der Waals surface area (Å²) in [5.74, 6) is 1.34. The summed E-state index contributed by atoms with van der Waals surface area (Å²) in [6.07, 6.45) is 0.427. The topological polar surface area (TPSA) is 44.5 Å². The van der Waals surface area contributed by atoms with Crippen molar-refractivity contribution in [2.24, 2.45) is 5.73 Å². The van der Waals surface area contributed by atoms with Gasteiger partial charge in [0.15, 0.2) is 11.5 Å². The van der Waals surface area contributed by atoms with Crippen molar-refractivity contribution < 1.29 is 13.9 Å². The summed E-state index contributed by atoms with van der Waals surface area (Å²) in [4.78, 5) is 0. The molecule has 0 saturated heterocycles. The summed E-state index contributed by atoms with van der Waals surface area (Å²) < 4.78 is 24.9. The minimum atomic E-state index is -0.306. The van der Waals surface area contributed by atoms with Crippen LogP contribution in [-0.4, -0.2) is 13.7 Å². The molecular weight excluding hydrogens is 257 g/mol. The Morgan fingerprint density at radius 1 is 1.10 bits per heavy atom. The number of ether oxygens (including phenoxy) is 2. The van der Waals surface area contributed by atoms with Gasteiger partial charge in [0.25, 0.3) is 0 Å². The molecule has 0 aliphatic carbocycles. The van der Waals surface area contributed by atoms with E-state index >= 15 is 0 Å². The fraction of sp³-hybridized carbons (Fsp3) is 0.250. The first kappa shape index (κ1) is 14.3. The highest BCUT2D eigenvalue weighted by Gasteiger charge is 2.12. The number of benzene rings is 2. The Labute approximate surface area is 118 Å². The molecule has 106 valence electrons. The molecule has 2 aromatic rings. The summed E-state index contributed by atoms with van der Waals surface area (Å²) in [5, 5.41) is 0. The van der Waals surface area contributed by atoms with Crippen molar-refractivity contribution in [1.82, 2.24) is 0 Å². The molecule has 2 aromatic carbocycles. The van der Waals surface area contributed by atoms with Crippen molar-refractivity contribution in [3.8, 4) is 17.2 Å². The molecule has 0 bridgehead atoms. The highest BCUT2D eigenvalue weighted by Crippen LogP contribution is 2.34. The molecule has 3 nitrogen and oxygen atoms in total. The van der Waals surface area contributed by atoms with Crippen molar-refractivity contribution in [1.29, 1.82) is 0 Å². The van der Waals surface area contributed by atoms with Gasteiger partial charge in [-0.25, -0.2) is 4.39 Å². The molecule has 20 heavy (non-hydrogen) atoms. The molecule has 0 radical (unpaired) electrons. The van der Waals surface area contributed by atoms with E-state index in [1.54, 1.807) is 19.2 Å². The average molecular weight is 275 g/mol. The second kappa shape index (κ2) is 6.39. The lowest BCUT2D eigenvalue weighted by Gasteiger charge is -2.14. The largest absolute Gasteiger partial charge is 0.493 e. The van der Waals surface area contributed by atoms with E-state index in [9.17, 15) is 4.39 Å². The predicted molar refractivity (Wildman–Crippen MR) is 77.0 cm³/mol. The highest BCUT2D eigenvalue weighted by molar-refractivity contribution is 5.47. The Kier molecular flexibility index (Phi) is 4.58. The van der Waals surface area contributed by atoms with E-state index in [1.165, 1.54) is 6.07 Å². The van der Waals surface area contributed by atoms with Crippen LogP contribution in [0.25, 0.3) is 0 Å². The zero-order chi connectivity index (χ0) is 14.5. The Morgan fingerprint density at radius 2 is 1.90 bits per heavy atom. The van der Waals surface area contributed by atoms with Gasteiger partial charge in [0.2, 0.25) is 0 Å². The molecule has 0 spiro atoms. The minimum absolute atomic E-state index is 0.306. The predicted octanol–water partition coefficient (Wildman–Crippen LogP) is 3.44. The quantitative estimate of drug-likeness (QED) is 0.909. The summed E-state index contributed by atoms with van der Waals surface area (Å²) >= 11 is 0. The van der Waals surface area contributed by atoms with Crippen molar-refractivity contribution in [3.05, 3.63) is 53.3 Å². The molecule has 0 atom stereocenters. The maximum absolute atomic E-state index is 13.8. The zero-order valence-electron chi connectivity index (χ0n) is 11.7. The Hall–Kier alpha value is -2.07. The van der Waals surface area contributed by atoms with Crippen LogP contribution < -0.4 is 15.2 Å². The Bertz CT molecular complexity index is 599. The van der Waals surface area contributed by atoms with Gasteiger partial charge in [0.05, 0.1) is 7.11 Å². The van der Waals surface area contributed by atoms with Gasteiger partial charge in [0, 0.05) is 5.56 Å². The molecule has 0 aliphatic heterocycles. The van der Waals surface area contributed by atoms with Crippen LogP contribution in [0.5, 0.6) is 17.2 Å². The molecule has 0 aromatic heterocycles. The highest BCUT2D eigenvalue weighted by atomic mass is 19.1. The number of hydrogen-bond donors (Lipinski definition) is 1. The van der Waals surface area contributed by atoms with Gasteiger partial charge >= 0.3 is 0 Å². The molecule has 0 heterocycles. The van der Waals surface area contributed by atoms with Crippen LogP contribution in [0.4, 0.5) is 4.39 Å². The second-order valence-electron chi connectivity index (χ2n) is 4.51. The van der Waals surface area contributed by atoms with E-state index in [4.69, 9.17) is 15.2 Å². The molecule has 2 N–H and O–H groups in total. The SMILES string of the molecule is COc1cc(C)ccc1Oc1cccc(F)c1CCN. The van der Waals surface area contributed by atoms with Crippen LogP contribution in [0.3, 0.4) is 0 Å². The van der Waals surface area contributed by atoms with Gasteiger partial charge < -0.3 is 15.2 Å². The van der Waals surface area contributed by atoms with Gasteiger partial charge in [-0.1, -0.05) is 12.1 Å². The van der Waals surface area contributed by atoms with Crippen LogP contribution >= 0.6 is 0 Å². The molecule has 2 rings (SSSR count). The lowest BCUT2D eigenvalue weighted by Crippen LogP contribution is -2.06. The van der Waals surface area contributed by atoms with Gasteiger partial charge in [-0.2, -0.15) is 0 Å². The second-order valence-corrected chi connectivity index (χ2v) is 4.51. The third-order valence-electron chi connectivity index (χ3n) is 3.01. The lowest BCUT2D eigenvalue weighted by molar-refractivity contribution is 0.376. The van der Waals surface area contributed by atoms with E-state index < -0.39 is 0 Å². The van der Waals surface area contributed by atoms with Gasteiger partial charge in [-0.05, 0) is 49.7 Å².